The largest absolute Gasteiger partial charge is 0.460 e. The van der Waals surface area contributed by atoms with E-state index in [0.29, 0.717) is 0 Å². The van der Waals surface area contributed by atoms with Gasteiger partial charge in [-0.05, 0) is 24.7 Å². The molecule has 1 fully saturated rings. The second kappa shape index (κ2) is 9.65. The molecule has 0 bridgehead atoms. The number of alkyl halides is 14. The van der Waals surface area contributed by atoms with Crippen molar-refractivity contribution in [2.75, 3.05) is 31.9 Å². The van der Waals surface area contributed by atoms with Gasteiger partial charge in [-0.3, -0.25) is 0 Å². The Labute approximate surface area is 193 Å². The van der Waals surface area contributed by atoms with Crippen molar-refractivity contribution in [3.8, 4) is 0 Å². The van der Waals surface area contributed by atoms with Gasteiger partial charge in [0, 0.05) is 30.5 Å². The van der Waals surface area contributed by atoms with Gasteiger partial charge in [-0.1, -0.05) is 22.6 Å². The van der Waals surface area contributed by atoms with Crippen LogP contribution in [0.5, 0.6) is 0 Å². The van der Waals surface area contributed by atoms with E-state index < -0.39 is 59.5 Å². The van der Waals surface area contributed by atoms with Crippen molar-refractivity contribution < 1.29 is 66.5 Å². The molecule has 198 valence electrons. The van der Waals surface area contributed by atoms with E-state index in [4.69, 9.17) is 9.47 Å². The van der Waals surface area contributed by atoms with Crippen molar-refractivity contribution in [3.05, 3.63) is 0 Å². The van der Waals surface area contributed by atoms with Gasteiger partial charge in [0.25, 0.3) is 0 Å². The molecule has 1 rings (SSSR count). The van der Waals surface area contributed by atoms with E-state index in [9.17, 15) is 57.1 Å². The molecular weight excluding hydrogens is 610 g/mol. The highest BCUT2D eigenvalue weighted by Crippen LogP contribution is 2.62. The lowest BCUT2D eigenvalue weighted by atomic mass is 9.84. The SMILES string of the molecule is COCC1(COC)C[C@H](CC(F)(F)C(F)(F)C(F)(F)C(F)(F)C(F)(F)C(F)(F)F)[C@@H](CI)C1. The third-order valence-corrected chi connectivity index (χ3v) is 6.80. The van der Waals surface area contributed by atoms with Gasteiger partial charge in [0.2, 0.25) is 0 Å². The molecule has 2 nitrogen and oxygen atoms in total. The van der Waals surface area contributed by atoms with Crippen molar-refractivity contribution >= 4 is 22.6 Å². The summed E-state index contributed by atoms with van der Waals surface area (Å²) in [5.41, 5.74) is -1.01. The summed E-state index contributed by atoms with van der Waals surface area (Å²) in [7, 11) is 2.46. The number of rotatable bonds is 11. The topological polar surface area (TPSA) is 18.5 Å². The number of ether oxygens (including phenoxy) is 2. The Morgan fingerprint density at radius 1 is 0.667 bits per heavy atom. The van der Waals surface area contributed by atoms with Crippen LogP contribution in [-0.2, 0) is 9.47 Å². The molecule has 0 N–H and O–H groups in total. The summed E-state index contributed by atoms with van der Waals surface area (Å²) in [6.07, 6.45) is -9.88. The molecule has 0 aromatic rings. The van der Waals surface area contributed by atoms with Crippen LogP contribution in [0.25, 0.3) is 0 Å². The molecular formula is C17H20F13IO2. The van der Waals surface area contributed by atoms with E-state index in [1.54, 1.807) is 22.6 Å². The fourth-order valence-corrected chi connectivity index (χ4v) is 5.13. The van der Waals surface area contributed by atoms with Gasteiger partial charge in [-0.2, -0.15) is 57.1 Å². The van der Waals surface area contributed by atoms with E-state index in [1.807, 2.05) is 0 Å². The molecule has 0 spiro atoms. The minimum atomic E-state index is -7.88. The number of halogens is 14. The summed E-state index contributed by atoms with van der Waals surface area (Å²) in [6, 6.07) is 0. The molecule has 1 aliphatic rings. The fourth-order valence-electron chi connectivity index (χ4n) is 4.10. The minimum absolute atomic E-state index is 0.0396. The van der Waals surface area contributed by atoms with Crippen LogP contribution in [0.1, 0.15) is 19.3 Å². The lowest BCUT2D eigenvalue weighted by molar-refractivity contribution is -0.440. The highest BCUT2D eigenvalue weighted by Gasteiger charge is 2.90. The smallest absolute Gasteiger partial charge is 0.384 e. The normalized spacial score (nSPS) is 23.3. The molecule has 1 aliphatic carbocycles. The Hall–Kier alpha value is -0.260. The van der Waals surface area contributed by atoms with Crippen LogP contribution in [-0.4, -0.2) is 67.6 Å². The van der Waals surface area contributed by atoms with Crippen LogP contribution in [0.3, 0.4) is 0 Å². The number of hydrogen-bond donors (Lipinski definition) is 0. The lowest BCUT2D eigenvalue weighted by Crippen LogP contribution is -2.70. The first-order chi connectivity index (χ1) is 14.6. The van der Waals surface area contributed by atoms with Crippen molar-refractivity contribution in [1.82, 2.24) is 0 Å². The van der Waals surface area contributed by atoms with Gasteiger partial charge in [-0.25, -0.2) is 0 Å². The van der Waals surface area contributed by atoms with E-state index in [0.717, 1.165) is 0 Å². The van der Waals surface area contributed by atoms with Crippen LogP contribution >= 0.6 is 22.6 Å². The summed E-state index contributed by atoms with van der Waals surface area (Å²) in [5.74, 6) is -39.0. The average Bonchev–Trinajstić information content (AvgIpc) is 2.97. The zero-order valence-corrected chi connectivity index (χ0v) is 19.2. The maximum absolute atomic E-state index is 14.3. The highest BCUT2D eigenvalue weighted by atomic mass is 127. The van der Waals surface area contributed by atoms with Crippen LogP contribution in [0.2, 0.25) is 0 Å². The summed E-state index contributed by atoms with van der Waals surface area (Å²) < 4.78 is 183. The molecule has 0 aromatic heterocycles. The Balaban J connectivity index is 3.35. The Bertz CT molecular complexity index is 660. The average molecular weight is 630 g/mol. The van der Waals surface area contributed by atoms with Gasteiger partial charge in [0.1, 0.15) is 0 Å². The second-order valence-corrected chi connectivity index (χ2v) is 9.03. The van der Waals surface area contributed by atoms with Crippen LogP contribution in [0.4, 0.5) is 57.1 Å². The third kappa shape index (κ3) is 5.16. The third-order valence-electron chi connectivity index (χ3n) is 5.67. The molecule has 0 aromatic carbocycles. The summed E-state index contributed by atoms with van der Waals surface area (Å²) >= 11 is 1.69. The zero-order chi connectivity index (χ0) is 26.3. The van der Waals surface area contributed by atoms with Crippen molar-refractivity contribution in [2.45, 2.75) is 55.1 Å². The Morgan fingerprint density at radius 2 is 1.06 bits per heavy atom. The highest BCUT2D eigenvalue weighted by molar-refractivity contribution is 14.1. The van der Waals surface area contributed by atoms with Crippen LogP contribution in [0, 0.1) is 17.3 Å². The molecule has 0 aliphatic heterocycles. The molecule has 0 unspecified atom stereocenters. The predicted octanol–water partition coefficient (Wildman–Crippen LogP) is 6.86. The zero-order valence-electron chi connectivity index (χ0n) is 17.0. The van der Waals surface area contributed by atoms with Crippen LogP contribution in [0.15, 0.2) is 0 Å². The van der Waals surface area contributed by atoms with E-state index in [-0.39, 0.29) is 30.5 Å². The molecule has 0 radical (unpaired) electrons. The quantitative estimate of drug-likeness (QED) is 0.141. The van der Waals surface area contributed by atoms with Crippen molar-refractivity contribution in [1.29, 1.82) is 0 Å². The standard InChI is InChI=1S/C17H20F13IO2/c1-32-7-11(8-33-2)3-9(10(4-11)6-31)5-12(18,19)13(20,21)14(22,23)15(24,25)16(26,27)17(28,29)30/h9-10H,3-8H2,1-2H3/t9-,10-/m1/s1. The number of methoxy groups -OCH3 is 2. The second-order valence-electron chi connectivity index (χ2n) is 8.15. The fraction of sp³-hybridized carbons (Fsp3) is 1.00. The van der Waals surface area contributed by atoms with Gasteiger partial charge < -0.3 is 9.47 Å². The number of hydrogen-bond acceptors (Lipinski definition) is 2. The molecule has 0 saturated heterocycles. The van der Waals surface area contributed by atoms with Gasteiger partial charge in [0.05, 0.1) is 13.2 Å². The van der Waals surface area contributed by atoms with Gasteiger partial charge >= 0.3 is 35.8 Å². The van der Waals surface area contributed by atoms with Crippen molar-refractivity contribution in [2.24, 2.45) is 17.3 Å². The van der Waals surface area contributed by atoms with E-state index >= 15 is 0 Å². The Morgan fingerprint density at radius 3 is 1.42 bits per heavy atom. The van der Waals surface area contributed by atoms with Gasteiger partial charge in [-0.15, -0.1) is 0 Å². The van der Waals surface area contributed by atoms with E-state index in [1.165, 1.54) is 14.2 Å². The monoisotopic (exact) mass is 630 g/mol. The summed E-state index contributed by atoms with van der Waals surface area (Å²) in [4.78, 5) is 0. The van der Waals surface area contributed by atoms with Gasteiger partial charge in [0.15, 0.2) is 0 Å². The predicted molar refractivity (Wildman–Crippen MR) is 96.7 cm³/mol. The molecule has 2 atom stereocenters. The lowest BCUT2D eigenvalue weighted by Gasteiger charge is -2.40. The summed E-state index contributed by atoms with van der Waals surface area (Å²) in [5, 5.41) is 0. The maximum atomic E-state index is 14.3. The Kier molecular flexibility index (Phi) is 9.00. The van der Waals surface area contributed by atoms with Crippen LogP contribution < -0.4 is 0 Å². The minimum Gasteiger partial charge on any atom is -0.384 e. The summed E-state index contributed by atoms with van der Waals surface area (Å²) in [6.45, 7) is -0.225. The first-order valence-electron chi connectivity index (χ1n) is 9.10. The molecule has 33 heavy (non-hydrogen) atoms. The van der Waals surface area contributed by atoms with Crippen molar-refractivity contribution in [3.63, 3.8) is 0 Å². The maximum Gasteiger partial charge on any atom is 0.460 e. The first-order valence-corrected chi connectivity index (χ1v) is 10.6. The molecule has 1 saturated carbocycles. The molecule has 0 amide bonds. The molecule has 16 heteroatoms. The molecule has 0 heterocycles. The first kappa shape index (κ1) is 30.8. The van der Waals surface area contributed by atoms with E-state index in [2.05, 4.69) is 0 Å².